The summed E-state index contributed by atoms with van der Waals surface area (Å²) in [6, 6.07) is 4.53. The Morgan fingerprint density at radius 3 is 2.48 bits per heavy atom. The molecule has 1 aliphatic heterocycles. The predicted molar refractivity (Wildman–Crippen MR) is 87.1 cm³/mol. The first kappa shape index (κ1) is 21.6. The second-order valence-corrected chi connectivity index (χ2v) is 6.47. The van der Waals surface area contributed by atoms with Crippen LogP contribution in [0.1, 0.15) is 36.4 Å². The molecule has 27 heavy (non-hydrogen) atoms. The average Bonchev–Trinajstić information content (AvgIpc) is 2.61. The fraction of sp³-hybridized carbons (Fsp3) is 0.611. The smallest absolute Gasteiger partial charge is 0.416 e. The van der Waals surface area contributed by atoms with E-state index in [4.69, 9.17) is 0 Å². The van der Waals surface area contributed by atoms with Crippen molar-refractivity contribution in [2.75, 3.05) is 26.8 Å². The van der Waals surface area contributed by atoms with E-state index < -0.39 is 18.4 Å². The monoisotopic (exact) mass is 395 g/mol. The molecule has 1 saturated heterocycles. The van der Waals surface area contributed by atoms with Crippen molar-refractivity contribution in [3.8, 4) is 0 Å². The minimum Gasteiger partial charge on any atom is -0.469 e. The highest BCUT2D eigenvalue weighted by atomic mass is 19.4. The van der Waals surface area contributed by atoms with Crippen LogP contribution >= 0.6 is 0 Å². The molecule has 0 aromatic heterocycles. The molecule has 0 N–H and O–H groups in total. The summed E-state index contributed by atoms with van der Waals surface area (Å²) in [5.41, 5.74) is -0.102. The molecule has 1 aromatic carbocycles. The van der Waals surface area contributed by atoms with Gasteiger partial charge in [0.05, 0.1) is 19.3 Å². The van der Waals surface area contributed by atoms with Crippen molar-refractivity contribution in [2.45, 2.75) is 38.1 Å². The molecule has 152 valence electrons. The van der Waals surface area contributed by atoms with Crippen molar-refractivity contribution >= 4 is 5.97 Å². The Hall–Kier alpha value is -1.74. The summed E-state index contributed by atoms with van der Waals surface area (Å²) in [7, 11) is 1.30. The molecular weight excluding hydrogens is 373 g/mol. The molecule has 9 heteroatoms. The van der Waals surface area contributed by atoms with Gasteiger partial charge in [0.1, 0.15) is 0 Å². The second-order valence-electron chi connectivity index (χ2n) is 6.47. The Morgan fingerprint density at radius 1 is 1.26 bits per heavy atom. The SMILES string of the molecule is COC(=O)CC1CCN(CCOC(F)F)C(c2ccc(C(F)(F)F)cc2)C1. The number of hydrogen-bond acceptors (Lipinski definition) is 4. The van der Waals surface area contributed by atoms with Crippen molar-refractivity contribution in [3.05, 3.63) is 35.4 Å². The molecule has 2 unspecified atom stereocenters. The van der Waals surface area contributed by atoms with Gasteiger partial charge in [0.15, 0.2) is 0 Å². The zero-order valence-electron chi connectivity index (χ0n) is 14.8. The van der Waals surface area contributed by atoms with Crippen molar-refractivity contribution in [1.82, 2.24) is 4.90 Å². The molecule has 4 nitrogen and oxygen atoms in total. The number of rotatable bonds is 7. The first-order chi connectivity index (χ1) is 12.7. The molecule has 0 bridgehead atoms. The van der Waals surface area contributed by atoms with E-state index in [0.717, 1.165) is 12.1 Å². The quantitative estimate of drug-likeness (QED) is 0.511. The van der Waals surface area contributed by atoms with Crippen molar-refractivity contribution < 1.29 is 36.2 Å². The Morgan fingerprint density at radius 2 is 1.93 bits per heavy atom. The van der Waals surface area contributed by atoms with E-state index in [2.05, 4.69) is 9.47 Å². The van der Waals surface area contributed by atoms with Gasteiger partial charge in [-0.05, 0) is 43.0 Å². The van der Waals surface area contributed by atoms with Gasteiger partial charge < -0.3 is 9.47 Å². The first-order valence-electron chi connectivity index (χ1n) is 8.58. The largest absolute Gasteiger partial charge is 0.469 e. The van der Waals surface area contributed by atoms with Gasteiger partial charge in [0.25, 0.3) is 0 Å². The number of halogens is 5. The zero-order chi connectivity index (χ0) is 20.0. The molecule has 0 saturated carbocycles. The van der Waals surface area contributed by atoms with Gasteiger partial charge in [-0.1, -0.05) is 12.1 Å². The molecule has 1 fully saturated rings. The third-order valence-electron chi connectivity index (χ3n) is 4.75. The van der Waals surface area contributed by atoms with Crippen LogP contribution < -0.4 is 0 Å². The fourth-order valence-corrected chi connectivity index (χ4v) is 3.36. The number of ether oxygens (including phenoxy) is 2. The van der Waals surface area contributed by atoms with Gasteiger partial charge in [-0.2, -0.15) is 22.0 Å². The minimum absolute atomic E-state index is 0.0111. The van der Waals surface area contributed by atoms with E-state index in [0.29, 0.717) is 24.9 Å². The first-order valence-corrected chi connectivity index (χ1v) is 8.58. The van der Waals surface area contributed by atoms with Gasteiger partial charge in [-0.15, -0.1) is 0 Å². The lowest BCUT2D eigenvalue weighted by atomic mass is 9.85. The number of alkyl halides is 5. The number of esters is 1. The summed E-state index contributed by atoms with van der Waals surface area (Å²) in [5, 5.41) is 0. The summed E-state index contributed by atoms with van der Waals surface area (Å²) in [6.07, 6.45) is -3.02. The molecule has 1 heterocycles. The van der Waals surface area contributed by atoms with Crippen LogP contribution in [-0.4, -0.2) is 44.3 Å². The Kier molecular flexibility index (Phi) is 7.55. The highest BCUT2D eigenvalue weighted by molar-refractivity contribution is 5.69. The van der Waals surface area contributed by atoms with E-state index in [1.165, 1.54) is 19.2 Å². The zero-order valence-corrected chi connectivity index (χ0v) is 14.8. The molecule has 0 radical (unpaired) electrons. The van der Waals surface area contributed by atoms with Gasteiger partial charge in [0, 0.05) is 19.0 Å². The average molecular weight is 395 g/mol. The van der Waals surface area contributed by atoms with E-state index in [-0.39, 0.29) is 37.5 Å². The molecular formula is C18H22F5NO3. The summed E-state index contributed by atoms with van der Waals surface area (Å²) >= 11 is 0. The Labute approximate surface area is 154 Å². The summed E-state index contributed by atoms with van der Waals surface area (Å²) in [4.78, 5) is 13.4. The van der Waals surface area contributed by atoms with Crippen LogP contribution in [0.15, 0.2) is 24.3 Å². The highest BCUT2D eigenvalue weighted by Gasteiger charge is 2.33. The predicted octanol–water partition coefficient (Wildman–Crippen LogP) is 4.26. The van der Waals surface area contributed by atoms with E-state index in [1.54, 1.807) is 0 Å². The molecule has 0 amide bonds. The number of carbonyl (C=O) groups excluding carboxylic acids is 1. The molecule has 0 spiro atoms. The van der Waals surface area contributed by atoms with Crippen LogP contribution in [-0.2, 0) is 20.4 Å². The van der Waals surface area contributed by atoms with Crippen LogP contribution in [0.25, 0.3) is 0 Å². The maximum atomic E-state index is 12.8. The van der Waals surface area contributed by atoms with Crippen molar-refractivity contribution in [3.63, 3.8) is 0 Å². The summed E-state index contributed by atoms with van der Waals surface area (Å²) < 4.78 is 71.7. The Balaban J connectivity index is 2.13. The number of hydrogen-bond donors (Lipinski definition) is 0. The third kappa shape index (κ3) is 6.42. The molecule has 1 aromatic rings. The van der Waals surface area contributed by atoms with Gasteiger partial charge in [-0.3, -0.25) is 9.69 Å². The van der Waals surface area contributed by atoms with Crippen LogP contribution in [0, 0.1) is 5.92 Å². The second kappa shape index (κ2) is 9.45. The highest BCUT2D eigenvalue weighted by Crippen LogP contribution is 2.37. The van der Waals surface area contributed by atoms with Crippen LogP contribution in [0.3, 0.4) is 0 Å². The molecule has 1 aliphatic rings. The lowest BCUT2D eigenvalue weighted by Gasteiger charge is -2.39. The van der Waals surface area contributed by atoms with E-state index >= 15 is 0 Å². The fourth-order valence-electron chi connectivity index (χ4n) is 3.36. The van der Waals surface area contributed by atoms with Gasteiger partial charge in [0.2, 0.25) is 0 Å². The van der Waals surface area contributed by atoms with Crippen molar-refractivity contribution in [1.29, 1.82) is 0 Å². The molecule has 0 aliphatic carbocycles. The number of nitrogens with zero attached hydrogens (tertiary/aromatic N) is 1. The van der Waals surface area contributed by atoms with Gasteiger partial charge in [-0.25, -0.2) is 0 Å². The maximum Gasteiger partial charge on any atom is 0.416 e. The van der Waals surface area contributed by atoms with Crippen LogP contribution in [0.4, 0.5) is 22.0 Å². The van der Waals surface area contributed by atoms with Gasteiger partial charge >= 0.3 is 18.8 Å². The van der Waals surface area contributed by atoms with Crippen LogP contribution in [0.5, 0.6) is 0 Å². The maximum absolute atomic E-state index is 12.8. The van der Waals surface area contributed by atoms with Crippen molar-refractivity contribution in [2.24, 2.45) is 5.92 Å². The minimum atomic E-state index is -4.43. The molecule has 2 atom stereocenters. The van der Waals surface area contributed by atoms with E-state index in [9.17, 15) is 26.7 Å². The normalized spacial score (nSPS) is 21.4. The summed E-state index contributed by atoms with van der Waals surface area (Å²) in [6.45, 7) is -2.30. The van der Waals surface area contributed by atoms with Crippen LogP contribution in [0.2, 0.25) is 0 Å². The topological polar surface area (TPSA) is 38.8 Å². The molecule has 2 rings (SSSR count). The number of benzene rings is 1. The lowest BCUT2D eigenvalue weighted by Crippen LogP contribution is -2.39. The number of likely N-dealkylation sites (tertiary alicyclic amines) is 1. The number of carbonyl (C=O) groups is 1. The number of methoxy groups -OCH3 is 1. The van der Waals surface area contributed by atoms with E-state index in [1.807, 2.05) is 4.90 Å². The number of piperidine rings is 1. The summed E-state index contributed by atoms with van der Waals surface area (Å²) in [5.74, 6) is -0.335. The Bertz CT molecular complexity index is 606. The lowest BCUT2D eigenvalue weighted by molar-refractivity contribution is -0.143. The standard InChI is InChI=1S/C18H22F5NO3/c1-26-16(25)11-12-6-7-24(8-9-27-17(19)20)15(10-12)13-2-4-14(5-3-13)18(21,22)23/h2-5,12,15,17H,6-11H2,1H3. The third-order valence-corrected chi connectivity index (χ3v) is 4.75.